The number of rotatable bonds is 11. The Morgan fingerprint density at radius 3 is 2.39 bits per heavy atom. The Morgan fingerprint density at radius 2 is 1.73 bits per heavy atom. The summed E-state index contributed by atoms with van der Waals surface area (Å²) in [6, 6.07) is 22.7. The number of benzene rings is 3. The Kier molecular flexibility index (Phi) is 12.4. The number of anilines is 2. The highest BCUT2D eigenvalue weighted by Crippen LogP contribution is 2.45. The standard InChI is InChI=1S/C40H42ClN3O5S2/c1-6-32(37(47)44-38-34(39(48)49-5)30-20-17-26(40(2,3)4)22-33(30)51-38)50-29-14-10-13-28(23-29)42-36(46)31(21-24-15-18-27(41)19-16-24)43-35(45)25-11-8-7-9-12-25/h7-16,18-19,21,23,26,32H,6,17,20,22H2,1-5H3,(H,42,46)(H,43,45)(H,44,47)/b31-21-. The number of carbonyl (C=O) groups is 4. The van der Waals surface area contributed by atoms with E-state index in [-0.39, 0.29) is 17.0 Å². The van der Waals surface area contributed by atoms with Crippen molar-refractivity contribution in [3.8, 4) is 0 Å². The monoisotopic (exact) mass is 743 g/mol. The molecule has 51 heavy (non-hydrogen) atoms. The van der Waals surface area contributed by atoms with Crippen LogP contribution in [-0.2, 0) is 27.2 Å². The molecule has 3 amide bonds. The Hall–Kier alpha value is -4.38. The van der Waals surface area contributed by atoms with Crippen LogP contribution in [0, 0.1) is 11.3 Å². The Balaban J connectivity index is 1.32. The predicted molar refractivity (Wildman–Crippen MR) is 208 cm³/mol. The lowest BCUT2D eigenvalue weighted by molar-refractivity contribution is -0.116. The maximum atomic E-state index is 13.7. The van der Waals surface area contributed by atoms with Crippen LogP contribution in [0.1, 0.15) is 77.3 Å². The van der Waals surface area contributed by atoms with Gasteiger partial charge in [0.15, 0.2) is 0 Å². The molecule has 0 spiro atoms. The Labute approximate surface area is 312 Å². The molecule has 3 aromatic carbocycles. The van der Waals surface area contributed by atoms with Crippen LogP contribution in [0.15, 0.2) is 89.5 Å². The maximum Gasteiger partial charge on any atom is 0.341 e. The summed E-state index contributed by atoms with van der Waals surface area (Å²) in [6.45, 7) is 8.65. The molecule has 0 aliphatic heterocycles. The lowest BCUT2D eigenvalue weighted by atomic mass is 9.72. The van der Waals surface area contributed by atoms with Crippen LogP contribution in [-0.4, -0.2) is 36.1 Å². The molecule has 0 fully saturated rings. The summed E-state index contributed by atoms with van der Waals surface area (Å²) in [4.78, 5) is 55.2. The summed E-state index contributed by atoms with van der Waals surface area (Å²) in [6.07, 6.45) is 4.71. The number of thioether (sulfide) groups is 1. The van der Waals surface area contributed by atoms with E-state index in [2.05, 4.69) is 36.7 Å². The fourth-order valence-corrected chi connectivity index (χ4v) is 8.38. The van der Waals surface area contributed by atoms with E-state index in [1.807, 2.05) is 19.1 Å². The normalized spacial score (nSPS) is 14.9. The molecule has 0 saturated carbocycles. The lowest BCUT2D eigenvalue weighted by Gasteiger charge is -2.33. The highest BCUT2D eigenvalue weighted by Gasteiger charge is 2.35. The Bertz CT molecular complexity index is 1930. The van der Waals surface area contributed by atoms with Gasteiger partial charge in [0.2, 0.25) is 5.91 Å². The quantitative estimate of drug-likeness (QED) is 0.0802. The molecule has 1 aromatic heterocycles. The smallest absolute Gasteiger partial charge is 0.341 e. The van der Waals surface area contributed by atoms with Crippen molar-refractivity contribution >= 4 is 75.2 Å². The van der Waals surface area contributed by atoms with Crippen molar-refractivity contribution in [3.05, 3.63) is 117 Å². The molecule has 3 N–H and O–H groups in total. The topological polar surface area (TPSA) is 114 Å². The average Bonchev–Trinajstić information content (AvgIpc) is 3.48. The third-order valence-electron chi connectivity index (χ3n) is 8.86. The number of methoxy groups -OCH3 is 1. The highest BCUT2D eigenvalue weighted by atomic mass is 35.5. The summed E-state index contributed by atoms with van der Waals surface area (Å²) >= 11 is 8.89. The van der Waals surface area contributed by atoms with Crippen LogP contribution in [0.3, 0.4) is 0 Å². The molecule has 1 aliphatic rings. The second-order valence-electron chi connectivity index (χ2n) is 13.4. The van der Waals surface area contributed by atoms with Crippen molar-refractivity contribution in [1.82, 2.24) is 5.32 Å². The van der Waals surface area contributed by atoms with Gasteiger partial charge in [-0.15, -0.1) is 23.1 Å². The summed E-state index contributed by atoms with van der Waals surface area (Å²) in [5.74, 6) is -1.13. The van der Waals surface area contributed by atoms with Gasteiger partial charge in [-0.1, -0.05) is 75.7 Å². The van der Waals surface area contributed by atoms with E-state index in [0.717, 1.165) is 34.6 Å². The van der Waals surface area contributed by atoms with Crippen LogP contribution in [0.25, 0.3) is 6.08 Å². The largest absolute Gasteiger partial charge is 0.465 e. The first-order valence-electron chi connectivity index (χ1n) is 16.8. The first-order chi connectivity index (χ1) is 24.4. The zero-order valence-electron chi connectivity index (χ0n) is 29.3. The number of esters is 1. The van der Waals surface area contributed by atoms with E-state index in [4.69, 9.17) is 16.3 Å². The van der Waals surface area contributed by atoms with Crippen LogP contribution in [0.2, 0.25) is 5.02 Å². The number of halogens is 1. The van der Waals surface area contributed by atoms with Crippen molar-refractivity contribution in [1.29, 1.82) is 0 Å². The van der Waals surface area contributed by atoms with Gasteiger partial charge in [0, 0.05) is 26.0 Å². The van der Waals surface area contributed by atoms with Crippen LogP contribution in [0.5, 0.6) is 0 Å². The number of hydrogen-bond acceptors (Lipinski definition) is 7. The zero-order valence-corrected chi connectivity index (χ0v) is 31.7. The van der Waals surface area contributed by atoms with Crippen LogP contribution >= 0.6 is 34.7 Å². The number of amides is 3. The van der Waals surface area contributed by atoms with Crippen molar-refractivity contribution in [2.75, 3.05) is 17.7 Å². The molecule has 4 aromatic rings. The third kappa shape index (κ3) is 9.70. The van der Waals surface area contributed by atoms with Gasteiger partial charge in [0.05, 0.1) is 17.9 Å². The molecular weight excluding hydrogens is 702 g/mol. The minimum absolute atomic E-state index is 0.0453. The molecule has 8 nitrogen and oxygen atoms in total. The van der Waals surface area contributed by atoms with Gasteiger partial charge in [-0.2, -0.15) is 0 Å². The summed E-state index contributed by atoms with van der Waals surface area (Å²) in [7, 11) is 1.36. The number of carbonyl (C=O) groups excluding carboxylic acids is 4. The van der Waals surface area contributed by atoms with Crippen molar-refractivity contribution in [2.24, 2.45) is 11.3 Å². The molecular formula is C40H42ClN3O5S2. The second-order valence-corrected chi connectivity index (χ2v) is 16.2. The van der Waals surface area contributed by atoms with E-state index in [1.54, 1.807) is 72.8 Å². The van der Waals surface area contributed by atoms with Gasteiger partial charge in [0.25, 0.3) is 11.8 Å². The van der Waals surface area contributed by atoms with E-state index in [9.17, 15) is 19.2 Å². The van der Waals surface area contributed by atoms with Gasteiger partial charge >= 0.3 is 5.97 Å². The molecule has 1 heterocycles. The molecule has 0 saturated heterocycles. The van der Waals surface area contributed by atoms with Crippen molar-refractivity contribution in [2.45, 2.75) is 63.5 Å². The fraction of sp³-hybridized carbons (Fsp3) is 0.300. The molecule has 5 rings (SSSR count). The van der Waals surface area contributed by atoms with E-state index in [0.29, 0.717) is 44.7 Å². The number of nitrogens with one attached hydrogen (secondary N) is 3. The van der Waals surface area contributed by atoms with Gasteiger partial charge in [-0.3, -0.25) is 14.4 Å². The summed E-state index contributed by atoms with van der Waals surface area (Å²) in [5.41, 5.74) is 3.20. The minimum atomic E-state index is -0.521. The van der Waals surface area contributed by atoms with E-state index in [1.165, 1.54) is 30.2 Å². The fourth-order valence-electron chi connectivity index (χ4n) is 5.92. The molecule has 11 heteroatoms. The van der Waals surface area contributed by atoms with Crippen molar-refractivity contribution in [3.63, 3.8) is 0 Å². The zero-order chi connectivity index (χ0) is 36.7. The highest BCUT2D eigenvalue weighted by molar-refractivity contribution is 8.00. The first kappa shape index (κ1) is 37.9. The molecule has 0 bridgehead atoms. The molecule has 2 atom stereocenters. The maximum absolute atomic E-state index is 13.7. The van der Waals surface area contributed by atoms with Crippen LogP contribution in [0.4, 0.5) is 10.7 Å². The van der Waals surface area contributed by atoms with E-state index >= 15 is 0 Å². The number of thiophene rings is 1. The van der Waals surface area contributed by atoms with Crippen LogP contribution < -0.4 is 16.0 Å². The number of hydrogen-bond donors (Lipinski definition) is 3. The van der Waals surface area contributed by atoms with Crippen molar-refractivity contribution < 1.29 is 23.9 Å². The molecule has 2 unspecified atom stereocenters. The second kappa shape index (κ2) is 16.8. The van der Waals surface area contributed by atoms with Gasteiger partial charge in [-0.25, -0.2) is 4.79 Å². The van der Waals surface area contributed by atoms with E-state index < -0.39 is 23.0 Å². The molecule has 266 valence electrons. The summed E-state index contributed by atoms with van der Waals surface area (Å²) in [5, 5.41) is 9.29. The molecule has 1 aliphatic carbocycles. The predicted octanol–water partition coefficient (Wildman–Crippen LogP) is 9.26. The average molecular weight is 744 g/mol. The number of ether oxygens (including phenoxy) is 1. The first-order valence-corrected chi connectivity index (χ1v) is 18.9. The third-order valence-corrected chi connectivity index (χ3v) is 11.6. The van der Waals surface area contributed by atoms with Gasteiger partial charge < -0.3 is 20.7 Å². The molecule has 0 radical (unpaired) electrons. The number of fused-ring (bicyclic) bond motifs is 1. The van der Waals surface area contributed by atoms with Gasteiger partial charge in [-0.05, 0) is 96.7 Å². The lowest BCUT2D eigenvalue weighted by Crippen LogP contribution is -2.30. The minimum Gasteiger partial charge on any atom is -0.465 e. The summed E-state index contributed by atoms with van der Waals surface area (Å²) < 4.78 is 5.15. The SMILES string of the molecule is CCC(Sc1cccc(NC(=O)/C(=C/c2ccc(Cl)cc2)NC(=O)c2ccccc2)c1)C(=O)Nc1sc2c(c1C(=O)OC)CCC(C(C)(C)C)C2. The Morgan fingerprint density at radius 1 is 1.00 bits per heavy atom. The van der Waals surface area contributed by atoms with Gasteiger partial charge in [0.1, 0.15) is 10.7 Å².